The molecular weight excluding hydrogens is 354 g/mol. The molecule has 0 bridgehead atoms. The molecule has 1 aliphatic rings. The van der Waals surface area contributed by atoms with Crippen LogP contribution < -0.4 is 4.74 Å². The molecule has 0 aromatic heterocycles. The van der Waals surface area contributed by atoms with Gasteiger partial charge in [-0.15, -0.1) is 0 Å². The molecule has 3 rings (SSSR count). The van der Waals surface area contributed by atoms with E-state index in [1.165, 1.54) is 7.11 Å². The summed E-state index contributed by atoms with van der Waals surface area (Å²) in [6.07, 6.45) is 4.67. The van der Waals surface area contributed by atoms with E-state index in [2.05, 4.69) is 0 Å². The third kappa shape index (κ3) is 5.46. The lowest BCUT2D eigenvalue weighted by atomic mass is 9.97. The predicted molar refractivity (Wildman–Crippen MR) is 108 cm³/mol. The normalized spacial score (nSPS) is 14.8. The van der Waals surface area contributed by atoms with Crippen molar-refractivity contribution < 1.29 is 19.1 Å². The molecule has 1 aliphatic heterocycles. The molecule has 2 aromatic rings. The zero-order valence-electron chi connectivity index (χ0n) is 16.0. The highest BCUT2D eigenvalue weighted by molar-refractivity contribution is 5.92. The molecule has 0 spiro atoms. The molecule has 1 saturated heterocycles. The number of likely N-dealkylation sites (tertiary alicyclic amines) is 1. The lowest BCUT2D eigenvalue weighted by Gasteiger charge is -2.29. The van der Waals surface area contributed by atoms with E-state index in [0.717, 1.165) is 16.9 Å². The zero-order chi connectivity index (χ0) is 19.8. The fourth-order valence-electron chi connectivity index (χ4n) is 3.22. The lowest BCUT2D eigenvalue weighted by molar-refractivity contribution is -0.148. The topological polar surface area (TPSA) is 55.8 Å². The van der Waals surface area contributed by atoms with Crippen molar-refractivity contribution in [1.82, 2.24) is 4.90 Å². The summed E-state index contributed by atoms with van der Waals surface area (Å²) in [5.41, 5.74) is 2.01. The molecule has 28 heavy (non-hydrogen) atoms. The Morgan fingerprint density at radius 2 is 1.82 bits per heavy atom. The Bertz CT molecular complexity index is 824. The number of hydrogen-bond acceptors (Lipinski definition) is 4. The molecule has 0 unspecified atom stereocenters. The van der Waals surface area contributed by atoms with Crippen molar-refractivity contribution in [3.8, 4) is 5.75 Å². The van der Waals surface area contributed by atoms with Crippen LogP contribution in [0.3, 0.4) is 0 Å². The number of amides is 1. The number of carbonyl (C=O) groups is 2. The maximum atomic E-state index is 12.4. The molecule has 1 heterocycles. The Morgan fingerprint density at radius 3 is 2.54 bits per heavy atom. The van der Waals surface area contributed by atoms with Crippen LogP contribution in [0.1, 0.15) is 24.0 Å². The minimum absolute atomic E-state index is 0.0427. The van der Waals surface area contributed by atoms with E-state index in [1.54, 1.807) is 17.1 Å². The summed E-state index contributed by atoms with van der Waals surface area (Å²) in [4.78, 5) is 25.8. The van der Waals surface area contributed by atoms with Gasteiger partial charge in [0.15, 0.2) is 0 Å². The summed E-state index contributed by atoms with van der Waals surface area (Å²) in [7, 11) is 1.40. The number of benzene rings is 2. The Kier molecular flexibility index (Phi) is 6.84. The van der Waals surface area contributed by atoms with Gasteiger partial charge in [0.1, 0.15) is 12.4 Å². The quantitative estimate of drug-likeness (QED) is 0.567. The Morgan fingerprint density at radius 1 is 1.07 bits per heavy atom. The molecule has 0 radical (unpaired) electrons. The maximum absolute atomic E-state index is 12.4. The maximum Gasteiger partial charge on any atom is 0.308 e. The molecule has 5 heteroatoms. The van der Waals surface area contributed by atoms with Crippen LogP contribution >= 0.6 is 0 Å². The van der Waals surface area contributed by atoms with Crippen LogP contribution in [0.25, 0.3) is 6.08 Å². The Labute approximate surface area is 165 Å². The number of piperidine rings is 1. The standard InChI is InChI=1S/C23H25NO4/c1-27-23(26)20-12-14-24(15-13-20)22(25)11-10-18-8-5-9-21(16-18)28-17-19-6-3-2-4-7-19/h2-11,16,20H,12-15,17H2,1H3/b11-10+. The van der Waals surface area contributed by atoms with Gasteiger partial charge in [0, 0.05) is 19.2 Å². The molecule has 1 fully saturated rings. The number of nitrogens with zero attached hydrogens (tertiary/aromatic N) is 1. The van der Waals surface area contributed by atoms with E-state index < -0.39 is 0 Å². The fourth-order valence-corrected chi connectivity index (χ4v) is 3.22. The smallest absolute Gasteiger partial charge is 0.308 e. The van der Waals surface area contributed by atoms with Crippen LogP contribution in [-0.4, -0.2) is 37.0 Å². The average molecular weight is 379 g/mol. The highest BCUT2D eigenvalue weighted by Gasteiger charge is 2.26. The summed E-state index contributed by atoms with van der Waals surface area (Å²) in [6.45, 7) is 1.65. The Hall–Kier alpha value is -3.08. The summed E-state index contributed by atoms with van der Waals surface area (Å²) in [6, 6.07) is 17.6. The molecule has 2 aromatic carbocycles. The second-order valence-electron chi connectivity index (χ2n) is 6.80. The fraction of sp³-hybridized carbons (Fsp3) is 0.304. The first kappa shape index (κ1) is 19.7. The first-order valence-electron chi connectivity index (χ1n) is 9.47. The van der Waals surface area contributed by atoms with Crippen LogP contribution in [-0.2, 0) is 20.9 Å². The third-order valence-electron chi connectivity index (χ3n) is 4.87. The van der Waals surface area contributed by atoms with Gasteiger partial charge in [0.05, 0.1) is 13.0 Å². The van der Waals surface area contributed by atoms with Crippen LogP contribution in [0.4, 0.5) is 0 Å². The van der Waals surface area contributed by atoms with Crippen LogP contribution in [0.15, 0.2) is 60.7 Å². The molecule has 0 aliphatic carbocycles. The van der Waals surface area contributed by atoms with E-state index in [-0.39, 0.29) is 17.8 Å². The molecule has 0 saturated carbocycles. The van der Waals surface area contributed by atoms with Crippen molar-refractivity contribution in [2.24, 2.45) is 5.92 Å². The lowest BCUT2D eigenvalue weighted by Crippen LogP contribution is -2.39. The van der Waals surface area contributed by atoms with Crippen LogP contribution in [0, 0.1) is 5.92 Å². The summed E-state index contributed by atoms with van der Waals surface area (Å²) in [5, 5.41) is 0. The SMILES string of the molecule is COC(=O)C1CCN(C(=O)/C=C/c2cccc(OCc3ccccc3)c2)CC1. The largest absolute Gasteiger partial charge is 0.489 e. The Balaban J connectivity index is 1.52. The van der Waals surface area contributed by atoms with Crippen molar-refractivity contribution in [1.29, 1.82) is 0 Å². The first-order valence-corrected chi connectivity index (χ1v) is 9.47. The molecule has 146 valence electrons. The van der Waals surface area contributed by atoms with E-state index in [1.807, 2.05) is 54.6 Å². The summed E-state index contributed by atoms with van der Waals surface area (Å²) in [5.74, 6) is 0.433. The molecular formula is C23H25NO4. The van der Waals surface area contributed by atoms with Crippen molar-refractivity contribution >= 4 is 18.0 Å². The number of hydrogen-bond donors (Lipinski definition) is 0. The van der Waals surface area contributed by atoms with Crippen molar-refractivity contribution in [3.05, 3.63) is 71.8 Å². The van der Waals surface area contributed by atoms with Crippen LogP contribution in [0.2, 0.25) is 0 Å². The molecule has 0 N–H and O–H groups in total. The number of ether oxygens (including phenoxy) is 2. The van der Waals surface area contributed by atoms with Crippen molar-refractivity contribution in [2.45, 2.75) is 19.4 Å². The molecule has 1 amide bonds. The number of carbonyl (C=O) groups excluding carboxylic acids is 2. The number of rotatable bonds is 6. The minimum atomic E-state index is -0.185. The molecule has 0 atom stereocenters. The van der Waals surface area contributed by atoms with Gasteiger partial charge in [-0.25, -0.2) is 0 Å². The number of esters is 1. The van der Waals surface area contributed by atoms with E-state index >= 15 is 0 Å². The highest BCUT2D eigenvalue weighted by atomic mass is 16.5. The van der Waals surface area contributed by atoms with Crippen molar-refractivity contribution in [2.75, 3.05) is 20.2 Å². The highest BCUT2D eigenvalue weighted by Crippen LogP contribution is 2.20. The third-order valence-corrected chi connectivity index (χ3v) is 4.87. The van der Waals surface area contributed by atoms with Gasteiger partial charge in [-0.05, 0) is 42.2 Å². The average Bonchev–Trinajstić information content (AvgIpc) is 2.76. The minimum Gasteiger partial charge on any atom is -0.489 e. The summed E-state index contributed by atoms with van der Waals surface area (Å²) < 4.78 is 10.6. The first-order chi connectivity index (χ1) is 13.7. The van der Waals surface area contributed by atoms with Gasteiger partial charge in [-0.3, -0.25) is 9.59 Å². The zero-order valence-corrected chi connectivity index (χ0v) is 16.0. The monoisotopic (exact) mass is 379 g/mol. The van der Waals surface area contributed by atoms with Crippen LogP contribution in [0.5, 0.6) is 5.75 Å². The van der Waals surface area contributed by atoms with Crippen molar-refractivity contribution in [3.63, 3.8) is 0 Å². The van der Waals surface area contributed by atoms with Gasteiger partial charge in [0.25, 0.3) is 0 Å². The van der Waals surface area contributed by atoms with E-state index in [0.29, 0.717) is 32.5 Å². The van der Waals surface area contributed by atoms with Gasteiger partial charge >= 0.3 is 5.97 Å². The van der Waals surface area contributed by atoms with E-state index in [9.17, 15) is 9.59 Å². The van der Waals surface area contributed by atoms with Gasteiger partial charge < -0.3 is 14.4 Å². The van der Waals surface area contributed by atoms with Gasteiger partial charge in [-0.1, -0.05) is 42.5 Å². The summed E-state index contributed by atoms with van der Waals surface area (Å²) >= 11 is 0. The predicted octanol–water partition coefficient (Wildman–Crippen LogP) is 3.69. The molecule has 5 nitrogen and oxygen atoms in total. The second-order valence-corrected chi connectivity index (χ2v) is 6.80. The number of methoxy groups -OCH3 is 1. The van der Waals surface area contributed by atoms with Gasteiger partial charge in [-0.2, -0.15) is 0 Å². The van der Waals surface area contributed by atoms with Gasteiger partial charge in [0.2, 0.25) is 5.91 Å². The second kappa shape index (κ2) is 9.74. The van der Waals surface area contributed by atoms with E-state index in [4.69, 9.17) is 9.47 Å².